The summed E-state index contributed by atoms with van der Waals surface area (Å²) in [5.41, 5.74) is -2.65. The van der Waals surface area contributed by atoms with Crippen molar-refractivity contribution in [1.29, 1.82) is 5.41 Å². The van der Waals surface area contributed by atoms with Crippen LogP contribution in [0.25, 0.3) is 0 Å². The van der Waals surface area contributed by atoms with Crippen LogP contribution < -0.4 is 11.2 Å². The maximum atomic E-state index is 12.8. The SMILES string of the molecule is [B]C(=N)OC(=O)C(=O)n1cc(F)c(=O)[nH]c1=O. The minimum absolute atomic E-state index is 0.0119. The third-order valence-electron chi connectivity index (χ3n) is 1.49. The van der Waals surface area contributed by atoms with Gasteiger partial charge >= 0.3 is 17.6 Å². The summed E-state index contributed by atoms with van der Waals surface area (Å²) in [5, 5.41) is 6.57. The molecule has 0 aliphatic carbocycles. The fourth-order valence-electron chi connectivity index (χ4n) is 0.840. The van der Waals surface area contributed by atoms with Crippen LogP contribution in [-0.2, 0) is 9.53 Å². The Hall–Kier alpha value is -2.52. The number of hydrogen-bond acceptors (Lipinski definition) is 6. The number of rotatable bonds is 0. The minimum Gasteiger partial charge on any atom is -0.417 e. The molecule has 0 atom stereocenters. The molecule has 1 rings (SSSR count). The van der Waals surface area contributed by atoms with Gasteiger partial charge in [-0.1, -0.05) is 0 Å². The van der Waals surface area contributed by atoms with E-state index in [0.717, 1.165) is 0 Å². The van der Waals surface area contributed by atoms with Gasteiger partial charge < -0.3 is 4.74 Å². The van der Waals surface area contributed by atoms with Crippen molar-refractivity contribution in [2.45, 2.75) is 0 Å². The lowest BCUT2D eigenvalue weighted by Gasteiger charge is -2.03. The maximum Gasteiger partial charge on any atom is 0.403 e. The zero-order valence-corrected chi connectivity index (χ0v) is 8.02. The van der Waals surface area contributed by atoms with E-state index < -0.39 is 34.7 Å². The molecular formula is C7H3BFN3O5. The molecule has 0 fully saturated rings. The molecule has 1 aromatic heterocycles. The standard InChI is InChI=1S/C7H3BFN3O5/c8-6(10)17-5(15)4(14)12-1-2(9)3(13)11-7(12)16/h1,10H,(H,11,13,16). The molecule has 0 amide bonds. The topological polar surface area (TPSA) is 122 Å². The van der Waals surface area contributed by atoms with Crippen LogP contribution in [0.2, 0.25) is 0 Å². The van der Waals surface area contributed by atoms with Crippen molar-refractivity contribution in [3.8, 4) is 0 Å². The monoisotopic (exact) mass is 239 g/mol. The Morgan fingerprint density at radius 3 is 2.59 bits per heavy atom. The third-order valence-corrected chi connectivity index (χ3v) is 1.49. The van der Waals surface area contributed by atoms with E-state index in [0.29, 0.717) is 0 Å². The predicted octanol–water partition coefficient (Wildman–Crippen LogP) is -2.04. The number of aromatic nitrogens is 2. The number of carbonyl (C=O) groups excluding carboxylic acids is 2. The van der Waals surface area contributed by atoms with Crippen LogP contribution in [0.4, 0.5) is 4.39 Å². The Morgan fingerprint density at radius 1 is 1.47 bits per heavy atom. The average Bonchev–Trinajstić information content (AvgIpc) is 2.21. The van der Waals surface area contributed by atoms with Crippen LogP contribution in [0.5, 0.6) is 0 Å². The van der Waals surface area contributed by atoms with Gasteiger partial charge in [0.05, 0.1) is 6.20 Å². The number of ether oxygens (including phenoxy) is 1. The molecular weight excluding hydrogens is 236 g/mol. The Morgan fingerprint density at radius 2 is 2.06 bits per heavy atom. The number of esters is 1. The highest BCUT2D eigenvalue weighted by atomic mass is 19.1. The van der Waals surface area contributed by atoms with Gasteiger partial charge in [0.1, 0.15) is 5.80 Å². The molecule has 0 bridgehead atoms. The lowest BCUT2D eigenvalue weighted by Crippen LogP contribution is -2.39. The van der Waals surface area contributed by atoms with E-state index in [1.54, 1.807) is 0 Å². The third kappa shape index (κ3) is 2.74. The summed E-state index contributed by atoms with van der Waals surface area (Å²) < 4.78 is 16.6. The summed E-state index contributed by atoms with van der Waals surface area (Å²) >= 11 is 0. The lowest BCUT2D eigenvalue weighted by molar-refractivity contribution is -0.130. The fraction of sp³-hybridized carbons (Fsp3) is 0. The number of nitrogens with one attached hydrogen (secondary N) is 2. The van der Waals surface area contributed by atoms with E-state index in [-0.39, 0.29) is 10.8 Å². The van der Waals surface area contributed by atoms with Crippen molar-refractivity contribution in [1.82, 2.24) is 9.55 Å². The zero-order valence-electron chi connectivity index (χ0n) is 8.02. The predicted molar refractivity (Wildman–Crippen MR) is 51.5 cm³/mol. The van der Waals surface area contributed by atoms with Gasteiger partial charge in [-0.05, 0) is 0 Å². The van der Waals surface area contributed by atoms with Gasteiger partial charge in [-0.2, -0.15) is 4.39 Å². The lowest BCUT2D eigenvalue weighted by atomic mass is 10.2. The van der Waals surface area contributed by atoms with E-state index in [1.807, 2.05) is 0 Å². The van der Waals surface area contributed by atoms with Crippen molar-refractivity contribution < 1.29 is 18.7 Å². The molecule has 0 saturated heterocycles. The number of hydrogen-bond donors (Lipinski definition) is 2. The summed E-state index contributed by atoms with van der Waals surface area (Å²) in [4.78, 5) is 45.3. The number of H-pyrrole nitrogens is 1. The normalized spacial score (nSPS) is 9.71. The molecule has 0 unspecified atom stereocenters. The highest BCUT2D eigenvalue weighted by Crippen LogP contribution is 1.88. The van der Waals surface area contributed by atoms with Crippen LogP contribution in [0.15, 0.2) is 15.8 Å². The number of aromatic amines is 1. The van der Waals surface area contributed by atoms with Crippen LogP contribution in [0.3, 0.4) is 0 Å². The molecule has 0 aromatic carbocycles. The van der Waals surface area contributed by atoms with E-state index >= 15 is 0 Å². The second kappa shape index (κ2) is 4.55. The Bertz CT molecular complexity index is 619. The molecule has 2 N–H and O–H groups in total. The number of nitrogens with zero attached hydrogens (tertiary/aromatic N) is 1. The summed E-state index contributed by atoms with van der Waals surface area (Å²) in [6.07, 6.45) is 0.227. The van der Waals surface area contributed by atoms with Crippen LogP contribution in [-0.4, -0.2) is 35.1 Å². The van der Waals surface area contributed by atoms with E-state index in [9.17, 15) is 23.6 Å². The molecule has 10 heteroatoms. The number of halogens is 1. The summed E-state index contributed by atoms with van der Waals surface area (Å²) in [5.74, 6) is -5.76. The molecule has 1 heterocycles. The second-order valence-electron chi connectivity index (χ2n) is 2.67. The molecule has 17 heavy (non-hydrogen) atoms. The minimum atomic E-state index is -1.66. The number of carbonyl (C=O) groups is 2. The van der Waals surface area contributed by atoms with Gasteiger partial charge in [0.25, 0.3) is 5.56 Å². The summed E-state index contributed by atoms with van der Waals surface area (Å²) in [6.45, 7) is 0. The molecule has 86 valence electrons. The highest BCUT2D eigenvalue weighted by molar-refractivity contribution is 6.58. The van der Waals surface area contributed by atoms with Crippen LogP contribution >= 0.6 is 0 Å². The smallest absolute Gasteiger partial charge is 0.403 e. The van der Waals surface area contributed by atoms with E-state index in [2.05, 4.69) is 12.6 Å². The van der Waals surface area contributed by atoms with Gasteiger partial charge in [-0.25, -0.2) is 14.2 Å². The largest absolute Gasteiger partial charge is 0.417 e. The molecule has 0 aliphatic heterocycles. The van der Waals surface area contributed by atoms with Gasteiger partial charge in [-0.3, -0.25) is 20.0 Å². The van der Waals surface area contributed by atoms with Crippen LogP contribution in [0.1, 0.15) is 4.79 Å². The first-order valence-corrected chi connectivity index (χ1v) is 3.95. The van der Waals surface area contributed by atoms with Crippen molar-refractivity contribution in [3.63, 3.8) is 0 Å². The first kappa shape index (κ1) is 12.6. The first-order chi connectivity index (χ1) is 7.82. The highest BCUT2D eigenvalue weighted by Gasteiger charge is 2.21. The fourth-order valence-corrected chi connectivity index (χ4v) is 0.840. The van der Waals surface area contributed by atoms with Gasteiger partial charge in [0.2, 0.25) is 5.82 Å². The van der Waals surface area contributed by atoms with Crippen molar-refractivity contribution in [2.24, 2.45) is 0 Å². The first-order valence-electron chi connectivity index (χ1n) is 3.95. The van der Waals surface area contributed by atoms with Gasteiger partial charge in [-0.15, -0.1) is 0 Å². The quantitative estimate of drug-likeness (QED) is 0.177. The van der Waals surface area contributed by atoms with Gasteiger partial charge in [0, 0.05) is 0 Å². The zero-order chi connectivity index (χ0) is 13.2. The second-order valence-corrected chi connectivity index (χ2v) is 2.67. The summed E-state index contributed by atoms with van der Waals surface area (Å²) in [7, 11) is 4.67. The Labute approximate surface area is 92.9 Å². The van der Waals surface area contributed by atoms with Crippen LogP contribution in [0, 0.1) is 11.2 Å². The molecule has 0 aliphatic rings. The van der Waals surface area contributed by atoms with E-state index in [4.69, 9.17) is 5.41 Å². The Kier molecular flexibility index (Phi) is 3.36. The molecule has 0 saturated carbocycles. The van der Waals surface area contributed by atoms with Crippen molar-refractivity contribution >= 4 is 25.5 Å². The van der Waals surface area contributed by atoms with Crippen molar-refractivity contribution in [3.05, 3.63) is 32.9 Å². The van der Waals surface area contributed by atoms with Crippen molar-refractivity contribution in [2.75, 3.05) is 0 Å². The molecule has 1 aromatic rings. The summed E-state index contributed by atoms with van der Waals surface area (Å²) in [6, 6.07) is 0. The molecule has 2 radical (unpaired) electrons. The molecule has 0 spiro atoms. The maximum absolute atomic E-state index is 12.8. The average molecular weight is 239 g/mol. The van der Waals surface area contributed by atoms with Gasteiger partial charge in [0.15, 0.2) is 7.85 Å². The Balaban J connectivity index is 3.18. The molecule has 8 nitrogen and oxygen atoms in total. The van der Waals surface area contributed by atoms with E-state index in [1.165, 1.54) is 4.98 Å².